The first-order valence-electron chi connectivity index (χ1n) is 8.64. The molecule has 5 heteroatoms. The van der Waals surface area contributed by atoms with Gasteiger partial charge in [0.25, 0.3) is 0 Å². The number of carbonyl (C=O) groups is 2. The highest BCUT2D eigenvalue weighted by molar-refractivity contribution is 5.98. The molecule has 1 unspecified atom stereocenters. The molecule has 1 aliphatic heterocycles. The zero-order valence-electron chi connectivity index (χ0n) is 14.3. The molecular weight excluding hydrogens is 324 g/mol. The summed E-state index contributed by atoms with van der Waals surface area (Å²) < 4.78 is 0. The molecule has 0 spiro atoms. The summed E-state index contributed by atoms with van der Waals surface area (Å²) in [4.78, 5) is 26.5. The Morgan fingerprint density at radius 1 is 1.21 bits per heavy atom. The Kier molecular flexibility index (Phi) is 6.05. The molecule has 0 bridgehead atoms. The molecule has 2 N–H and O–H groups in total. The van der Waals surface area contributed by atoms with Gasteiger partial charge < -0.3 is 10.6 Å². The van der Waals surface area contributed by atoms with E-state index in [0.29, 0.717) is 19.4 Å². The maximum Gasteiger partial charge on any atom is 0.223 e. The molecule has 0 aromatic heterocycles. The predicted octanol–water partition coefficient (Wildman–Crippen LogP) is 2.76. The van der Waals surface area contributed by atoms with E-state index in [9.17, 15) is 9.59 Å². The molecule has 132 valence electrons. The number of aryl methyl sites for hydroxylation is 2. The quantitative estimate of drug-likeness (QED) is 0.830. The molecule has 1 saturated heterocycles. The minimum absolute atomic E-state index is 0. The van der Waals surface area contributed by atoms with Crippen molar-refractivity contribution in [2.75, 3.05) is 19.6 Å². The first kappa shape index (κ1) is 18.9. The molecule has 24 heavy (non-hydrogen) atoms. The number of amides is 1. The van der Waals surface area contributed by atoms with Gasteiger partial charge in [0.2, 0.25) is 5.91 Å². The number of nitrogens with two attached hydrogens (primary N) is 1. The van der Waals surface area contributed by atoms with Crippen LogP contribution >= 0.6 is 12.4 Å². The lowest BCUT2D eigenvalue weighted by Gasteiger charge is -2.22. The van der Waals surface area contributed by atoms with Crippen molar-refractivity contribution in [1.82, 2.24) is 4.90 Å². The minimum Gasteiger partial charge on any atom is -0.342 e. The van der Waals surface area contributed by atoms with E-state index in [2.05, 4.69) is 13.0 Å². The smallest absolute Gasteiger partial charge is 0.223 e. The maximum absolute atomic E-state index is 12.4. The van der Waals surface area contributed by atoms with Crippen molar-refractivity contribution >= 4 is 24.1 Å². The average molecular weight is 351 g/mol. The third kappa shape index (κ3) is 3.98. The Balaban J connectivity index is 0.00000208. The first-order valence-corrected chi connectivity index (χ1v) is 8.64. The lowest BCUT2D eigenvalue weighted by atomic mass is 9.90. The van der Waals surface area contributed by atoms with Crippen LogP contribution in [0.4, 0.5) is 0 Å². The SMILES string of the molecule is CC1(CN)CCN(C(=O)CCC(=O)c2ccc3c(c2)CCC3)C1.Cl. The summed E-state index contributed by atoms with van der Waals surface area (Å²) in [5.74, 6) is 0.158. The van der Waals surface area contributed by atoms with Crippen LogP contribution in [-0.4, -0.2) is 36.2 Å². The second-order valence-corrected chi connectivity index (χ2v) is 7.34. The number of rotatable bonds is 5. The number of ketones is 1. The van der Waals surface area contributed by atoms with E-state index in [0.717, 1.165) is 37.9 Å². The highest BCUT2D eigenvalue weighted by atomic mass is 35.5. The number of hydrogen-bond acceptors (Lipinski definition) is 3. The summed E-state index contributed by atoms with van der Waals surface area (Å²) in [6, 6.07) is 6.01. The van der Waals surface area contributed by atoms with Crippen molar-refractivity contribution in [2.24, 2.45) is 11.1 Å². The second kappa shape index (κ2) is 7.66. The molecule has 1 heterocycles. The van der Waals surface area contributed by atoms with Crippen LogP contribution in [-0.2, 0) is 17.6 Å². The minimum atomic E-state index is 0. The average Bonchev–Trinajstić information content (AvgIpc) is 3.18. The Labute approximate surface area is 150 Å². The highest BCUT2D eigenvalue weighted by Crippen LogP contribution is 2.29. The van der Waals surface area contributed by atoms with E-state index in [1.54, 1.807) is 0 Å². The number of halogens is 1. The fourth-order valence-corrected chi connectivity index (χ4v) is 3.67. The number of fused-ring (bicyclic) bond motifs is 1. The van der Waals surface area contributed by atoms with Gasteiger partial charge in [-0.1, -0.05) is 19.1 Å². The molecule has 1 aromatic carbocycles. The molecule has 0 radical (unpaired) electrons. The van der Waals surface area contributed by atoms with Gasteiger partial charge in [0, 0.05) is 31.5 Å². The van der Waals surface area contributed by atoms with Crippen molar-refractivity contribution in [3.63, 3.8) is 0 Å². The van der Waals surface area contributed by atoms with E-state index < -0.39 is 0 Å². The Morgan fingerprint density at radius 3 is 2.67 bits per heavy atom. The predicted molar refractivity (Wildman–Crippen MR) is 97.6 cm³/mol. The first-order chi connectivity index (χ1) is 11.0. The summed E-state index contributed by atoms with van der Waals surface area (Å²) in [5, 5.41) is 0. The fourth-order valence-electron chi connectivity index (χ4n) is 3.67. The van der Waals surface area contributed by atoms with Gasteiger partial charge in [0.05, 0.1) is 0 Å². The van der Waals surface area contributed by atoms with Gasteiger partial charge in [0.15, 0.2) is 5.78 Å². The van der Waals surface area contributed by atoms with Crippen molar-refractivity contribution in [3.05, 3.63) is 34.9 Å². The molecule has 1 aromatic rings. The molecule has 4 nitrogen and oxygen atoms in total. The zero-order valence-corrected chi connectivity index (χ0v) is 15.2. The Morgan fingerprint density at radius 2 is 1.96 bits per heavy atom. The van der Waals surface area contributed by atoms with Gasteiger partial charge in [-0.3, -0.25) is 9.59 Å². The van der Waals surface area contributed by atoms with Crippen LogP contribution in [0.1, 0.15) is 54.1 Å². The van der Waals surface area contributed by atoms with Crippen LogP contribution in [0.3, 0.4) is 0 Å². The van der Waals surface area contributed by atoms with Gasteiger partial charge in [-0.2, -0.15) is 0 Å². The fraction of sp³-hybridized carbons (Fsp3) is 0.579. The molecule has 2 aliphatic rings. The van der Waals surface area contributed by atoms with Gasteiger partial charge in [-0.05, 0) is 54.8 Å². The van der Waals surface area contributed by atoms with Gasteiger partial charge in [0.1, 0.15) is 0 Å². The third-order valence-electron chi connectivity index (χ3n) is 5.39. The van der Waals surface area contributed by atoms with Crippen molar-refractivity contribution in [2.45, 2.75) is 45.4 Å². The topological polar surface area (TPSA) is 63.4 Å². The Bertz CT molecular complexity index is 632. The summed E-state index contributed by atoms with van der Waals surface area (Å²) in [6.07, 6.45) is 4.93. The van der Waals surface area contributed by atoms with Crippen LogP contribution in [0.5, 0.6) is 0 Å². The summed E-state index contributed by atoms with van der Waals surface area (Å²) in [6.45, 7) is 4.20. The monoisotopic (exact) mass is 350 g/mol. The van der Waals surface area contributed by atoms with Gasteiger partial charge in [-0.25, -0.2) is 0 Å². The number of Topliss-reactive ketones (excluding diaryl/α,β-unsaturated/α-hetero) is 1. The molecule has 0 saturated carbocycles. The van der Waals surface area contributed by atoms with Crippen LogP contribution in [0.25, 0.3) is 0 Å². The standard InChI is InChI=1S/C19H26N2O2.ClH/c1-19(12-20)9-10-21(13-19)18(23)8-7-17(22)16-6-5-14-3-2-4-15(14)11-16;/h5-6,11H,2-4,7-10,12-13,20H2,1H3;1H. The second-order valence-electron chi connectivity index (χ2n) is 7.34. The van der Waals surface area contributed by atoms with E-state index in [1.807, 2.05) is 17.0 Å². The van der Waals surface area contributed by atoms with Crippen molar-refractivity contribution in [3.8, 4) is 0 Å². The van der Waals surface area contributed by atoms with Gasteiger partial charge in [-0.15, -0.1) is 12.4 Å². The molecule has 1 amide bonds. The van der Waals surface area contributed by atoms with E-state index in [4.69, 9.17) is 5.73 Å². The zero-order chi connectivity index (χ0) is 16.4. The van der Waals surface area contributed by atoms with E-state index in [-0.39, 0.29) is 29.5 Å². The number of hydrogen-bond donors (Lipinski definition) is 1. The lowest BCUT2D eigenvalue weighted by molar-refractivity contribution is -0.130. The molecular formula is C19H27ClN2O2. The largest absolute Gasteiger partial charge is 0.342 e. The van der Waals surface area contributed by atoms with Crippen molar-refractivity contribution in [1.29, 1.82) is 0 Å². The molecule has 3 rings (SSSR count). The maximum atomic E-state index is 12.4. The summed E-state index contributed by atoms with van der Waals surface area (Å²) in [5.41, 5.74) is 9.26. The van der Waals surface area contributed by atoms with Crippen LogP contribution in [0.15, 0.2) is 18.2 Å². The number of benzene rings is 1. The van der Waals surface area contributed by atoms with Gasteiger partial charge >= 0.3 is 0 Å². The van der Waals surface area contributed by atoms with E-state index >= 15 is 0 Å². The van der Waals surface area contributed by atoms with Crippen LogP contribution in [0.2, 0.25) is 0 Å². The Hall–Kier alpha value is -1.39. The number of carbonyl (C=O) groups excluding carboxylic acids is 2. The third-order valence-corrected chi connectivity index (χ3v) is 5.39. The van der Waals surface area contributed by atoms with Crippen LogP contribution in [0, 0.1) is 5.41 Å². The van der Waals surface area contributed by atoms with Crippen molar-refractivity contribution < 1.29 is 9.59 Å². The highest BCUT2D eigenvalue weighted by Gasteiger charge is 2.34. The number of nitrogens with zero attached hydrogens (tertiary/aromatic N) is 1. The molecule has 1 fully saturated rings. The van der Waals surface area contributed by atoms with E-state index in [1.165, 1.54) is 17.5 Å². The van der Waals surface area contributed by atoms with Crippen LogP contribution < -0.4 is 5.73 Å². The summed E-state index contributed by atoms with van der Waals surface area (Å²) in [7, 11) is 0. The molecule has 1 aliphatic carbocycles. The normalized spacial score (nSPS) is 22.2. The summed E-state index contributed by atoms with van der Waals surface area (Å²) >= 11 is 0. The lowest BCUT2D eigenvalue weighted by Crippen LogP contribution is -2.34. The number of likely N-dealkylation sites (tertiary alicyclic amines) is 1. The molecule has 1 atom stereocenters.